The Morgan fingerprint density at radius 1 is 0.885 bits per heavy atom. The second-order valence-electron chi connectivity index (χ2n) is 9.45. The van der Waals surface area contributed by atoms with E-state index in [2.05, 4.69) is 59.0 Å². The summed E-state index contributed by atoms with van der Waals surface area (Å²) in [4.78, 5) is 0. The van der Waals surface area contributed by atoms with Crippen molar-refractivity contribution >= 4 is 19.5 Å². The highest BCUT2D eigenvalue weighted by molar-refractivity contribution is 6.91. The van der Waals surface area contributed by atoms with Crippen LogP contribution in [0, 0.1) is 0 Å². The Morgan fingerprint density at radius 3 is 1.96 bits per heavy atom. The zero-order valence-electron chi connectivity index (χ0n) is 18.5. The Kier molecular flexibility index (Phi) is 10.6. The summed E-state index contributed by atoms with van der Waals surface area (Å²) in [6.07, 6.45) is 21.8. The Hall–Kier alpha value is -0.763. The second-order valence-corrected chi connectivity index (χ2v) is 14.7. The molecule has 1 nitrogen and oxygen atoms in total. The molecule has 0 unspecified atom stereocenters. The van der Waals surface area contributed by atoms with Gasteiger partial charge in [0.15, 0.2) is 0 Å². The predicted molar refractivity (Wildman–Crippen MR) is 121 cm³/mol. The largest absolute Gasteiger partial charge is 0.474 e. The van der Waals surface area contributed by atoms with E-state index in [1.807, 2.05) is 6.26 Å². The van der Waals surface area contributed by atoms with Crippen LogP contribution >= 0.6 is 0 Å². The molecule has 0 N–H and O–H groups in total. The second kappa shape index (κ2) is 11.8. The molecule has 0 aliphatic heterocycles. The average Bonchev–Trinajstić information content (AvgIpc) is 3.04. The molecule has 1 aromatic heterocycles. The number of hydrogen-bond donors (Lipinski definition) is 0. The average molecular weight is 377 g/mol. The number of furan rings is 1. The van der Waals surface area contributed by atoms with E-state index in [0.717, 1.165) is 0 Å². The quantitative estimate of drug-likeness (QED) is 0.249. The maximum absolute atomic E-state index is 5.92. The predicted octanol–water partition coefficient (Wildman–Crippen LogP) is 8.32. The standard InChI is InChI=1S/C24H44OSi/c1-7-8-9-10-11-12-13-14-15-16-17-18-19-22-20-21-25-23(22)26(5,6)24(2,3)4/h18-21H,7-17H2,1-6H3/b19-18+. The van der Waals surface area contributed by atoms with Gasteiger partial charge in [0.05, 0.1) is 11.6 Å². The monoisotopic (exact) mass is 376 g/mol. The minimum Gasteiger partial charge on any atom is -0.474 e. The molecule has 0 saturated heterocycles. The fourth-order valence-corrected chi connectivity index (χ4v) is 5.19. The van der Waals surface area contributed by atoms with Gasteiger partial charge in [-0.15, -0.1) is 0 Å². The van der Waals surface area contributed by atoms with E-state index < -0.39 is 8.07 Å². The summed E-state index contributed by atoms with van der Waals surface area (Å²) in [6, 6.07) is 2.14. The van der Waals surface area contributed by atoms with Crippen molar-refractivity contribution in [3.8, 4) is 0 Å². The molecule has 0 fully saturated rings. The highest BCUT2D eigenvalue weighted by Gasteiger charge is 2.40. The number of allylic oxidation sites excluding steroid dienone is 1. The van der Waals surface area contributed by atoms with Crippen molar-refractivity contribution in [3.63, 3.8) is 0 Å². The molecule has 0 radical (unpaired) electrons. The lowest BCUT2D eigenvalue weighted by atomic mass is 10.1. The smallest absolute Gasteiger partial charge is 0.132 e. The number of unbranched alkanes of at least 4 members (excludes halogenated alkanes) is 10. The molecule has 0 aliphatic carbocycles. The first kappa shape index (κ1) is 23.3. The lowest BCUT2D eigenvalue weighted by Gasteiger charge is -2.35. The van der Waals surface area contributed by atoms with Crippen molar-refractivity contribution < 1.29 is 4.42 Å². The Bertz CT molecular complexity index is 505. The van der Waals surface area contributed by atoms with Gasteiger partial charge in [-0.25, -0.2) is 0 Å². The molecule has 0 saturated carbocycles. The summed E-state index contributed by atoms with van der Waals surface area (Å²) in [6.45, 7) is 14.2. The van der Waals surface area contributed by atoms with Crippen molar-refractivity contribution in [1.82, 2.24) is 0 Å². The highest BCUT2D eigenvalue weighted by atomic mass is 28.3. The third-order valence-corrected chi connectivity index (χ3v) is 11.5. The molecule has 150 valence electrons. The summed E-state index contributed by atoms with van der Waals surface area (Å²) in [5, 5.41) is 1.56. The molecule has 0 bridgehead atoms. The van der Waals surface area contributed by atoms with E-state index in [-0.39, 0.29) is 0 Å². The van der Waals surface area contributed by atoms with Gasteiger partial charge in [-0.05, 0) is 23.9 Å². The van der Waals surface area contributed by atoms with Crippen LogP contribution < -0.4 is 5.38 Å². The molecule has 0 aliphatic rings. The fraction of sp³-hybridized carbons (Fsp3) is 0.750. The van der Waals surface area contributed by atoms with E-state index in [9.17, 15) is 0 Å². The third kappa shape index (κ3) is 7.86. The molecule has 1 rings (SSSR count). The van der Waals surface area contributed by atoms with Gasteiger partial charge in [-0.3, -0.25) is 0 Å². The van der Waals surface area contributed by atoms with Crippen molar-refractivity contribution in [2.24, 2.45) is 0 Å². The number of rotatable bonds is 13. The van der Waals surface area contributed by atoms with Crippen LogP contribution in [-0.2, 0) is 0 Å². The molecule has 0 amide bonds. The maximum atomic E-state index is 5.92. The molecular weight excluding hydrogens is 332 g/mol. The minimum atomic E-state index is -1.59. The van der Waals surface area contributed by atoms with E-state index in [1.54, 1.807) is 0 Å². The van der Waals surface area contributed by atoms with Crippen molar-refractivity contribution in [2.75, 3.05) is 0 Å². The zero-order valence-corrected chi connectivity index (χ0v) is 19.5. The van der Waals surface area contributed by atoms with Gasteiger partial charge < -0.3 is 4.42 Å². The van der Waals surface area contributed by atoms with Crippen molar-refractivity contribution in [2.45, 2.75) is 116 Å². The summed E-state index contributed by atoms with van der Waals surface area (Å²) in [5.41, 5.74) is 1.31. The third-order valence-electron chi connectivity index (χ3n) is 6.16. The normalized spacial score (nSPS) is 13.0. The molecule has 0 aromatic carbocycles. The Morgan fingerprint density at radius 2 is 1.42 bits per heavy atom. The molecular formula is C24H44OSi. The van der Waals surface area contributed by atoms with Crippen molar-refractivity contribution in [3.05, 3.63) is 24.0 Å². The Balaban J connectivity index is 2.23. The first-order chi connectivity index (χ1) is 12.3. The van der Waals surface area contributed by atoms with Crippen LogP contribution in [0.1, 0.15) is 104 Å². The van der Waals surface area contributed by atoms with E-state index in [1.165, 1.54) is 81.6 Å². The van der Waals surface area contributed by atoms with Gasteiger partial charge in [-0.1, -0.05) is 111 Å². The van der Waals surface area contributed by atoms with E-state index in [4.69, 9.17) is 4.42 Å². The van der Waals surface area contributed by atoms with Gasteiger partial charge in [0.25, 0.3) is 0 Å². The maximum Gasteiger partial charge on any atom is 0.132 e. The van der Waals surface area contributed by atoms with Crippen LogP contribution in [0.4, 0.5) is 0 Å². The van der Waals surface area contributed by atoms with Gasteiger partial charge in [0.1, 0.15) is 8.07 Å². The SMILES string of the molecule is CCCCCCCCCCCC/C=C/c1ccoc1[Si](C)(C)C(C)(C)C. The molecule has 2 heteroatoms. The van der Waals surface area contributed by atoms with E-state index in [0.29, 0.717) is 5.04 Å². The van der Waals surface area contributed by atoms with Crippen LogP contribution in [0.15, 0.2) is 22.8 Å². The zero-order chi connectivity index (χ0) is 19.5. The first-order valence-electron chi connectivity index (χ1n) is 11.0. The van der Waals surface area contributed by atoms with Crippen molar-refractivity contribution in [1.29, 1.82) is 0 Å². The fourth-order valence-electron chi connectivity index (χ4n) is 3.26. The summed E-state index contributed by atoms with van der Waals surface area (Å²) in [5.74, 6) is 0. The Labute approximate surface area is 164 Å². The van der Waals surface area contributed by atoms with Gasteiger partial charge >= 0.3 is 0 Å². The molecule has 0 spiro atoms. The molecule has 1 heterocycles. The summed E-state index contributed by atoms with van der Waals surface area (Å²) < 4.78 is 5.92. The van der Waals surface area contributed by atoms with Crippen LogP contribution in [0.2, 0.25) is 18.1 Å². The van der Waals surface area contributed by atoms with Gasteiger partial charge in [0.2, 0.25) is 0 Å². The summed E-state index contributed by atoms with van der Waals surface area (Å²) >= 11 is 0. The molecule has 1 aromatic rings. The molecule has 0 atom stereocenters. The van der Waals surface area contributed by atoms with Crippen LogP contribution in [0.5, 0.6) is 0 Å². The minimum absolute atomic E-state index is 0.310. The topological polar surface area (TPSA) is 13.1 Å². The lowest BCUT2D eigenvalue weighted by Crippen LogP contribution is -2.49. The van der Waals surface area contributed by atoms with Gasteiger partial charge in [0, 0.05) is 5.56 Å². The van der Waals surface area contributed by atoms with Crippen LogP contribution in [-0.4, -0.2) is 8.07 Å². The van der Waals surface area contributed by atoms with E-state index >= 15 is 0 Å². The van der Waals surface area contributed by atoms with Gasteiger partial charge in [-0.2, -0.15) is 0 Å². The molecule has 26 heavy (non-hydrogen) atoms. The highest BCUT2D eigenvalue weighted by Crippen LogP contribution is 2.36. The van der Waals surface area contributed by atoms with Crippen LogP contribution in [0.25, 0.3) is 6.08 Å². The lowest BCUT2D eigenvalue weighted by molar-refractivity contribution is 0.558. The van der Waals surface area contributed by atoms with Crippen LogP contribution in [0.3, 0.4) is 0 Å². The first-order valence-corrected chi connectivity index (χ1v) is 14.0. The number of hydrogen-bond acceptors (Lipinski definition) is 1. The summed E-state index contributed by atoms with van der Waals surface area (Å²) in [7, 11) is -1.59.